The van der Waals surface area contributed by atoms with Gasteiger partial charge in [-0.3, -0.25) is 0 Å². The van der Waals surface area contributed by atoms with Crippen LogP contribution in [0.3, 0.4) is 0 Å². The zero-order chi connectivity index (χ0) is 12.3. The van der Waals surface area contributed by atoms with E-state index in [0.29, 0.717) is 0 Å². The number of aliphatic hydroxyl groups excluding tert-OH is 2. The first-order valence-electron chi connectivity index (χ1n) is 5.37. The highest BCUT2D eigenvalue weighted by Crippen LogP contribution is 2.22. The van der Waals surface area contributed by atoms with Gasteiger partial charge in [-0.2, -0.15) is 0 Å². The van der Waals surface area contributed by atoms with Crippen molar-refractivity contribution in [2.24, 2.45) is 0 Å². The molecule has 0 amide bonds. The van der Waals surface area contributed by atoms with Gasteiger partial charge < -0.3 is 15.1 Å². The molecule has 0 unspecified atom stereocenters. The van der Waals surface area contributed by atoms with Crippen molar-refractivity contribution in [1.29, 1.82) is 0 Å². The first kappa shape index (κ1) is 12.9. The standard InChI is InChI=1S/C12H20N2O2/c1-9(16)10-5-6-13-11(7-10)14(4)12(2,3)8-15/h5-7,9,15-16H,8H2,1-4H3/t9-/m0/s1. The third kappa shape index (κ3) is 2.71. The molecule has 0 radical (unpaired) electrons. The molecule has 1 aromatic heterocycles. The largest absolute Gasteiger partial charge is 0.394 e. The summed E-state index contributed by atoms with van der Waals surface area (Å²) < 4.78 is 0. The van der Waals surface area contributed by atoms with Crippen molar-refractivity contribution >= 4 is 5.82 Å². The normalized spacial score (nSPS) is 13.6. The molecule has 4 heteroatoms. The quantitative estimate of drug-likeness (QED) is 0.810. The van der Waals surface area contributed by atoms with Crippen molar-refractivity contribution in [2.75, 3.05) is 18.6 Å². The van der Waals surface area contributed by atoms with Gasteiger partial charge in [0.15, 0.2) is 0 Å². The third-order valence-electron chi connectivity index (χ3n) is 2.89. The molecule has 2 N–H and O–H groups in total. The van der Waals surface area contributed by atoms with E-state index in [1.165, 1.54) is 0 Å². The van der Waals surface area contributed by atoms with Gasteiger partial charge in [-0.25, -0.2) is 4.98 Å². The molecule has 4 nitrogen and oxygen atoms in total. The molecule has 1 heterocycles. The lowest BCUT2D eigenvalue weighted by atomic mass is 10.0. The van der Waals surface area contributed by atoms with Gasteiger partial charge in [0.2, 0.25) is 0 Å². The van der Waals surface area contributed by atoms with Crippen molar-refractivity contribution in [3.63, 3.8) is 0 Å². The Kier molecular flexibility index (Phi) is 3.88. The van der Waals surface area contributed by atoms with E-state index in [-0.39, 0.29) is 12.1 Å². The number of nitrogens with zero attached hydrogens (tertiary/aromatic N) is 2. The van der Waals surface area contributed by atoms with E-state index in [1.54, 1.807) is 19.2 Å². The van der Waals surface area contributed by atoms with Gasteiger partial charge in [0.05, 0.1) is 18.2 Å². The summed E-state index contributed by atoms with van der Waals surface area (Å²) in [5.74, 6) is 0.748. The van der Waals surface area contributed by atoms with Crippen LogP contribution in [0.5, 0.6) is 0 Å². The van der Waals surface area contributed by atoms with Crippen LogP contribution in [0.25, 0.3) is 0 Å². The third-order valence-corrected chi connectivity index (χ3v) is 2.89. The Hall–Kier alpha value is -1.13. The monoisotopic (exact) mass is 224 g/mol. The van der Waals surface area contributed by atoms with Crippen LogP contribution in [-0.2, 0) is 0 Å². The summed E-state index contributed by atoms with van der Waals surface area (Å²) in [6.45, 7) is 5.63. The van der Waals surface area contributed by atoms with Crippen LogP contribution in [0.2, 0.25) is 0 Å². The number of rotatable bonds is 4. The maximum absolute atomic E-state index is 9.49. The molecule has 0 aliphatic rings. The summed E-state index contributed by atoms with van der Waals surface area (Å²) in [7, 11) is 1.88. The molecule has 0 aliphatic carbocycles. The maximum atomic E-state index is 9.49. The van der Waals surface area contributed by atoms with Crippen LogP contribution >= 0.6 is 0 Å². The summed E-state index contributed by atoms with van der Waals surface area (Å²) in [6.07, 6.45) is 1.16. The molecule has 90 valence electrons. The average Bonchev–Trinajstić information content (AvgIpc) is 2.28. The lowest BCUT2D eigenvalue weighted by Gasteiger charge is -2.35. The Morgan fingerprint density at radius 2 is 2.12 bits per heavy atom. The number of anilines is 1. The lowest BCUT2D eigenvalue weighted by molar-refractivity contribution is 0.199. The first-order valence-corrected chi connectivity index (χ1v) is 5.37. The van der Waals surface area contributed by atoms with E-state index < -0.39 is 6.10 Å². The Morgan fingerprint density at radius 3 is 2.62 bits per heavy atom. The van der Waals surface area contributed by atoms with Gasteiger partial charge >= 0.3 is 0 Å². The number of hydrogen-bond acceptors (Lipinski definition) is 4. The molecule has 16 heavy (non-hydrogen) atoms. The van der Waals surface area contributed by atoms with Gasteiger partial charge in [-0.1, -0.05) is 0 Å². The van der Waals surface area contributed by atoms with Gasteiger partial charge in [-0.15, -0.1) is 0 Å². The molecule has 0 spiro atoms. The van der Waals surface area contributed by atoms with E-state index in [2.05, 4.69) is 4.98 Å². The topological polar surface area (TPSA) is 56.6 Å². The second kappa shape index (κ2) is 4.80. The number of hydrogen-bond donors (Lipinski definition) is 2. The average molecular weight is 224 g/mol. The van der Waals surface area contributed by atoms with Crippen LogP contribution in [-0.4, -0.2) is 34.4 Å². The molecule has 1 aromatic rings. The van der Waals surface area contributed by atoms with Crippen LogP contribution in [0, 0.1) is 0 Å². The number of likely N-dealkylation sites (N-methyl/N-ethyl adjacent to an activating group) is 1. The van der Waals surface area contributed by atoms with Crippen molar-refractivity contribution in [1.82, 2.24) is 4.98 Å². The Labute approximate surface area is 96.6 Å². The number of pyridine rings is 1. The highest BCUT2D eigenvalue weighted by atomic mass is 16.3. The molecule has 0 saturated heterocycles. The minimum atomic E-state index is -0.507. The first-order chi connectivity index (χ1) is 7.38. The van der Waals surface area contributed by atoms with Crippen LogP contribution in [0.15, 0.2) is 18.3 Å². The van der Waals surface area contributed by atoms with Crippen molar-refractivity contribution < 1.29 is 10.2 Å². The summed E-state index contributed by atoms with van der Waals surface area (Å²) in [5.41, 5.74) is 0.454. The van der Waals surface area contributed by atoms with E-state index in [1.807, 2.05) is 31.9 Å². The smallest absolute Gasteiger partial charge is 0.129 e. The summed E-state index contributed by atoms with van der Waals surface area (Å²) in [5, 5.41) is 18.8. The molecule has 0 fully saturated rings. The van der Waals surface area contributed by atoms with Crippen LogP contribution in [0.1, 0.15) is 32.4 Å². The van der Waals surface area contributed by atoms with Gasteiger partial charge in [0.1, 0.15) is 5.82 Å². The predicted octanol–water partition coefficient (Wildman–Crippen LogP) is 1.34. The molecule has 0 aliphatic heterocycles. The highest BCUT2D eigenvalue weighted by molar-refractivity contribution is 5.43. The fraction of sp³-hybridized carbons (Fsp3) is 0.583. The summed E-state index contributed by atoms with van der Waals surface area (Å²) >= 11 is 0. The molecule has 1 atom stereocenters. The minimum Gasteiger partial charge on any atom is -0.394 e. The number of aromatic nitrogens is 1. The fourth-order valence-corrected chi connectivity index (χ4v) is 1.29. The number of aliphatic hydroxyl groups is 2. The molecule has 0 bridgehead atoms. The molecule has 0 saturated carbocycles. The van der Waals surface area contributed by atoms with Gasteiger partial charge in [0.25, 0.3) is 0 Å². The van der Waals surface area contributed by atoms with E-state index in [4.69, 9.17) is 0 Å². The molecule has 1 rings (SSSR count). The van der Waals surface area contributed by atoms with Crippen molar-refractivity contribution in [3.8, 4) is 0 Å². The van der Waals surface area contributed by atoms with E-state index >= 15 is 0 Å². The van der Waals surface area contributed by atoms with E-state index in [0.717, 1.165) is 11.4 Å². The Bertz CT molecular complexity index is 351. The maximum Gasteiger partial charge on any atom is 0.129 e. The lowest BCUT2D eigenvalue weighted by Crippen LogP contribution is -2.44. The minimum absolute atomic E-state index is 0.0457. The van der Waals surface area contributed by atoms with Crippen LogP contribution < -0.4 is 4.90 Å². The molecule has 0 aromatic carbocycles. The van der Waals surface area contributed by atoms with Crippen LogP contribution in [0.4, 0.5) is 5.82 Å². The predicted molar refractivity (Wildman–Crippen MR) is 64.4 cm³/mol. The Morgan fingerprint density at radius 1 is 1.50 bits per heavy atom. The molecular formula is C12H20N2O2. The van der Waals surface area contributed by atoms with Crippen molar-refractivity contribution in [2.45, 2.75) is 32.4 Å². The molecular weight excluding hydrogens is 204 g/mol. The van der Waals surface area contributed by atoms with E-state index in [9.17, 15) is 10.2 Å². The summed E-state index contributed by atoms with van der Waals surface area (Å²) in [6, 6.07) is 3.62. The SMILES string of the molecule is C[C@H](O)c1ccnc(N(C)C(C)(C)CO)c1. The van der Waals surface area contributed by atoms with Crippen molar-refractivity contribution in [3.05, 3.63) is 23.9 Å². The second-order valence-corrected chi connectivity index (χ2v) is 4.65. The highest BCUT2D eigenvalue weighted by Gasteiger charge is 2.23. The van der Waals surface area contributed by atoms with Gasteiger partial charge in [-0.05, 0) is 38.5 Å². The van der Waals surface area contributed by atoms with Gasteiger partial charge in [0, 0.05) is 13.2 Å². The zero-order valence-electron chi connectivity index (χ0n) is 10.3. The second-order valence-electron chi connectivity index (χ2n) is 4.65. The zero-order valence-corrected chi connectivity index (χ0v) is 10.3. The summed E-state index contributed by atoms with van der Waals surface area (Å²) in [4.78, 5) is 6.14. The fourth-order valence-electron chi connectivity index (χ4n) is 1.29. The Balaban J connectivity index is 3.00.